The van der Waals surface area contributed by atoms with Crippen molar-refractivity contribution in [3.05, 3.63) is 53.9 Å². The number of H-pyrrole nitrogens is 1. The molecule has 1 saturated carbocycles. The van der Waals surface area contributed by atoms with Crippen LogP contribution in [-0.2, 0) is 11.2 Å². The van der Waals surface area contributed by atoms with Crippen LogP contribution in [0.25, 0.3) is 0 Å². The fraction of sp³-hybridized carbons (Fsp3) is 0.300. The fourth-order valence-corrected chi connectivity index (χ4v) is 2.65. The molecule has 1 aromatic heterocycles. The van der Waals surface area contributed by atoms with Gasteiger partial charge in [0.15, 0.2) is 0 Å². The highest BCUT2D eigenvalue weighted by Crippen LogP contribution is 2.33. The monoisotopic (exact) mass is 380 g/mol. The van der Waals surface area contributed by atoms with Crippen LogP contribution in [0.15, 0.2) is 53.3 Å². The first-order valence-electron chi connectivity index (χ1n) is 9.30. The van der Waals surface area contributed by atoms with Gasteiger partial charge in [0.2, 0.25) is 11.7 Å². The second kappa shape index (κ2) is 8.98. The number of rotatable bonds is 8. The Bertz CT molecular complexity index is 886. The van der Waals surface area contributed by atoms with Crippen LogP contribution in [0.5, 0.6) is 0 Å². The van der Waals surface area contributed by atoms with E-state index in [1.54, 1.807) is 25.4 Å². The molecule has 0 saturated heterocycles. The van der Waals surface area contributed by atoms with Gasteiger partial charge < -0.3 is 16.8 Å². The van der Waals surface area contributed by atoms with E-state index in [1.165, 1.54) is 0 Å². The Morgan fingerprint density at radius 1 is 1.29 bits per heavy atom. The van der Waals surface area contributed by atoms with E-state index < -0.39 is 0 Å². The minimum atomic E-state index is 0.0337. The normalized spacial score (nSPS) is 14.6. The Hall–Kier alpha value is -3.42. The van der Waals surface area contributed by atoms with E-state index in [-0.39, 0.29) is 5.91 Å². The zero-order valence-electron chi connectivity index (χ0n) is 15.9. The molecule has 1 aliphatic rings. The lowest BCUT2D eigenvalue weighted by atomic mass is 10.1. The average molecular weight is 380 g/mol. The van der Waals surface area contributed by atoms with Crippen LogP contribution in [0.3, 0.4) is 0 Å². The molecule has 7 N–H and O–H groups in total. The molecule has 0 spiro atoms. The molecular formula is C20H26N7O+. The van der Waals surface area contributed by atoms with E-state index in [2.05, 4.69) is 25.6 Å². The molecule has 0 radical (unpaired) electrons. The molecule has 3 rings (SSSR count). The van der Waals surface area contributed by atoms with Gasteiger partial charge >= 0.3 is 5.95 Å². The van der Waals surface area contributed by atoms with Gasteiger partial charge in [-0.25, -0.2) is 10.3 Å². The third-order valence-electron chi connectivity index (χ3n) is 4.42. The van der Waals surface area contributed by atoms with E-state index in [4.69, 9.17) is 11.5 Å². The van der Waals surface area contributed by atoms with Gasteiger partial charge in [0, 0.05) is 25.2 Å². The topological polar surface area (TPSA) is 133 Å². The van der Waals surface area contributed by atoms with Gasteiger partial charge in [-0.05, 0) is 49.0 Å². The van der Waals surface area contributed by atoms with Gasteiger partial charge in [0.25, 0.3) is 0 Å². The minimum Gasteiger partial charge on any atom is -0.402 e. The standard InChI is InChI=1S/C20H25N7O/c1-23-19(28)9-4-13-2-7-15(8-3-13)25-20-24-11-10-18(27-20)26-17(22)12-16(21)14-5-6-14/h2-3,7-8,10-12,14H,4-6,9,21H2,1H3,(H,23,28)(H3,22,24,25,26,27)/p+1. The van der Waals surface area contributed by atoms with Gasteiger partial charge in [0.1, 0.15) is 5.84 Å². The highest BCUT2D eigenvalue weighted by Gasteiger charge is 2.24. The quantitative estimate of drug-likeness (QED) is 0.407. The Balaban J connectivity index is 1.62. The number of nitrogens with zero attached hydrogens (tertiary/aromatic N) is 2. The zero-order chi connectivity index (χ0) is 19.9. The Labute approximate surface area is 164 Å². The summed E-state index contributed by atoms with van der Waals surface area (Å²) >= 11 is 0. The molecular weight excluding hydrogens is 354 g/mol. The van der Waals surface area contributed by atoms with Crippen molar-refractivity contribution < 1.29 is 9.78 Å². The molecule has 8 heteroatoms. The van der Waals surface area contributed by atoms with Crippen molar-refractivity contribution in [2.75, 3.05) is 12.4 Å². The molecule has 0 aliphatic heterocycles. The number of amidine groups is 1. The molecule has 1 fully saturated rings. The number of carbonyl (C=O) groups excluding carboxylic acids is 1. The smallest absolute Gasteiger partial charge is 0.396 e. The number of aryl methyl sites for hydroxylation is 1. The molecule has 1 aliphatic carbocycles. The van der Waals surface area contributed by atoms with Crippen molar-refractivity contribution in [2.24, 2.45) is 22.4 Å². The van der Waals surface area contributed by atoms with Crippen LogP contribution in [0.2, 0.25) is 0 Å². The lowest BCUT2D eigenvalue weighted by Gasteiger charge is -2.03. The van der Waals surface area contributed by atoms with E-state index >= 15 is 0 Å². The van der Waals surface area contributed by atoms with E-state index in [9.17, 15) is 4.79 Å². The number of hydrogen-bond acceptors (Lipinski definition) is 5. The maximum atomic E-state index is 11.3. The summed E-state index contributed by atoms with van der Waals surface area (Å²) in [6.45, 7) is 0. The number of amides is 1. The van der Waals surface area contributed by atoms with Gasteiger partial charge in [-0.3, -0.25) is 4.79 Å². The second-order valence-corrected chi connectivity index (χ2v) is 6.75. The third kappa shape index (κ3) is 5.80. The number of aromatic amines is 1. The molecule has 146 valence electrons. The number of aromatic nitrogens is 2. The molecule has 0 atom stereocenters. The first-order valence-corrected chi connectivity index (χ1v) is 9.30. The van der Waals surface area contributed by atoms with Crippen molar-refractivity contribution in [3.8, 4) is 0 Å². The lowest BCUT2D eigenvalue weighted by Crippen LogP contribution is -2.17. The number of anilines is 2. The summed E-state index contributed by atoms with van der Waals surface area (Å²) in [7, 11) is 1.64. The summed E-state index contributed by atoms with van der Waals surface area (Å²) < 4.78 is 0. The van der Waals surface area contributed by atoms with Gasteiger partial charge in [-0.1, -0.05) is 17.1 Å². The molecule has 1 amide bonds. The van der Waals surface area contributed by atoms with Gasteiger partial charge in [-0.2, -0.15) is 4.99 Å². The number of aliphatic imine (C=N–C) groups is 1. The van der Waals surface area contributed by atoms with Crippen LogP contribution in [0.1, 0.15) is 24.8 Å². The number of benzene rings is 1. The first kappa shape index (κ1) is 19.3. The van der Waals surface area contributed by atoms with Gasteiger partial charge in [-0.15, -0.1) is 0 Å². The summed E-state index contributed by atoms with van der Waals surface area (Å²) in [5.74, 6) is 1.86. The van der Waals surface area contributed by atoms with Crippen LogP contribution < -0.4 is 27.1 Å². The number of nitrogens with one attached hydrogen (secondary N) is 3. The van der Waals surface area contributed by atoms with E-state index in [1.807, 2.05) is 24.3 Å². The van der Waals surface area contributed by atoms with Crippen molar-refractivity contribution in [2.45, 2.75) is 25.7 Å². The molecule has 1 heterocycles. The summed E-state index contributed by atoms with van der Waals surface area (Å²) in [5.41, 5.74) is 14.7. The van der Waals surface area contributed by atoms with Crippen LogP contribution >= 0.6 is 0 Å². The van der Waals surface area contributed by atoms with Gasteiger partial charge in [0.05, 0.1) is 11.9 Å². The van der Waals surface area contributed by atoms with Crippen molar-refractivity contribution >= 4 is 29.2 Å². The molecule has 0 bridgehead atoms. The highest BCUT2D eigenvalue weighted by molar-refractivity contribution is 5.93. The SMILES string of the molecule is CNC(=O)CCc1ccc(Nc2nc(N=C(N)C=C(N)C3CC3)cc[nH+]2)cc1. The highest BCUT2D eigenvalue weighted by atomic mass is 16.1. The van der Waals surface area contributed by atoms with Crippen LogP contribution in [0.4, 0.5) is 17.5 Å². The summed E-state index contributed by atoms with van der Waals surface area (Å²) in [6.07, 6.45) is 6.86. The average Bonchev–Trinajstić information content (AvgIpc) is 3.52. The Morgan fingerprint density at radius 2 is 2.04 bits per heavy atom. The molecule has 2 aromatic rings. The summed E-state index contributed by atoms with van der Waals surface area (Å²) in [6, 6.07) is 9.59. The Morgan fingerprint density at radius 3 is 2.71 bits per heavy atom. The van der Waals surface area contributed by atoms with Crippen molar-refractivity contribution in [1.29, 1.82) is 0 Å². The number of hydrogen-bond donors (Lipinski definition) is 4. The molecule has 28 heavy (non-hydrogen) atoms. The second-order valence-electron chi connectivity index (χ2n) is 6.75. The summed E-state index contributed by atoms with van der Waals surface area (Å²) in [4.78, 5) is 23.1. The molecule has 8 nitrogen and oxygen atoms in total. The Kier molecular flexibility index (Phi) is 6.21. The fourth-order valence-electron chi connectivity index (χ4n) is 2.65. The van der Waals surface area contributed by atoms with Crippen LogP contribution in [0, 0.1) is 5.92 Å². The summed E-state index contributed by atoms with van der Waals surface area (Å²) in [5, 5.41) is 5.82. The maximum absolute atomic E-state index is 11.3. The van der Waals surface area contributed by atoms with E-state index in [0.717, 1.165) is 29.8 Å². The van der Waals surface area contributed by atoms with Crippen LogP contribution in [-0.4, -0.2) is 23.8 Å². The number of nitrogens with two attached hydrogens (primary N) is 2. The number of carbonyl (C=O) groups is 1. The first-order chi connectivity index (χ1) is 13.5. The predicted octanol–water partition coefficient (Wildman–Crippen LogP) is 1.56. The minimum absolute atomic E-state index is 0.0337. The molecule has 1 aromatic carbocycles. The lowest BCUT2D eigenvalue weighted by molar-refractivity contribution is -0.364. The van der Waals surface area contributed by atoms with E-state index in [0.29, 0.717) is 36.4 Å². The van der Waals surface area contributed by atoms with Crippen molar-refractivity contribution in [3.63, 3.8) is 0 Å². The zero-order valence-corrected chi connectivity index (χ0v) is 15.9. The molecule has 0 unspecified atom stereocenters. The maximum Gasteiger partial charge on any atom is 0.396 e. The largest absolute Gasteiger partial charge is 0.402 e. The third-order valence-corrected chi connectivity index (χ3v) is 4.42. The predicted molar refractivity (Wildman–Crippen MR) is 109 cm³/mol. The van der Waals surface area contributed by atoms with Crippen molar-refractivity contribution in [1.82, 2.24) is 10.3 Å². The number of allylic oxidation sites excluding steroid dienone is 1.